The Bertz CT molecular complexity index is 863. The van der Waals surface area contributed by atoms with Gasteiger partial charge in [-0.15, -0.1) is 0 Å². The number of para-hydroxylation sites is 1. The average Bonchev–Trinajstić information content (AvgIpc) is 3.07. The standard InChI is InChI=1S/C22H25N3O/c26-22(14-18-15-23-21-9-5-4-8-20(18)21)24-19-10-12-25(13-11-19)16-17-6-2-1-3-7-17/h1-9,15,19,23H,10-14,16H2,(H,24,26). The third-order valence-corrected chi connectivity index (χ3v) is 5.23. The minimum atomic E-state index is 0.122. The molecule has 1 aromatic heterocycles. The third kappa shape index (κ3) is 3.97. The lowest BCUT2D eigenvalue weighted by Gasteiger charge is -2.32. The molecule has 0 saturated carbocycles. The van der Waals surface area contributed by atoms with Gasteiger partial charge in [0.2, 0.25) is 5.91 Å². The number of carbonyl (C=O) groups is 1. The number of nitrogens with one attached hydrogen (secondary N) is 2. The molecule has 4 heteroatoms. The summed E-state index contributed by atoms with van der Waals surface area (Å²) < 4.78 is 0. The quantitative estimate of drug-likeness (QED) is 0.742. The van der Waals surface area contributed by atoms with Crippen LogP contribution in [0.5, 0.6) is 0 Å². The Kier molecular flexibility index (Phi) is 5.02. The van der Waals surface area contributed by atoms with Gasteiger partial charge in [-0.05, 0) is 30.0 Å². The van der Waals surface area contributed by atoms with E-state index in [-0.39, 0.29) is 5.91 Å². The fraction of sp³-hybridized carbons (Fsp3) is 0.318. The van der Waals surface area contributed by atoms with Gasteiger partial charge in [-0.2, -0.15) is 0 Å². The first kappa shape index (κ1) is 16.9. The molecule has 1 amide bonds. The number of aromatic nitrogens is 1. The van der Waals surface area contributed by atoms with Crippen LogP contribution in [0.2, 0.25) is 0 Å². The molecule has 1 fully saturated rings. The highest BCUT2D eigenvalue weighted by atomic mass is 16.1. The Morgan fingerprint density at radius 1 is 1.04 bits per heavy atom. The van der Waals surface area contributed by atoms with Crippen LogP contribution in [0, 0.1) is 0 Å². The molecule has 1 aliphatic heterocycles. The van der Waals surface area contributed by atoms with E-state index in [1.54, 1.807) is 0 Å². The van der Waals surface area contributed by atoms with E-state index < -0.39 is 0 Å². The summed E-state index contributed by atoms with van der Waals surface area (Å²) >= 11 is 0. The van der Waals surface area contributed by atoms with Gasteiger partial charge in [0.1, 0.15) is 0 Å². The van der Waals surface area contributed by atoms with E-state index >= 15 is 0 Å². The number of benzene rings is 2. The molecular weight excluding hydrogens is 322 g/mol. The molecule has 0 atom stereocenters. The van der Waals surface area contributed by atoms with Gasteiger partial charge in [0.25, 0.3) is 0 Å². The monoisotopic (exact) mass is 347 g/mol. The van der Waals surface area contributed by atoms with Crippen molar-refractivity contribution >= 4 is 16.8 Å². The maximum absolute atomic E-state index is 12.5. The van der Waals surface area contributed by atoms with Crippen LogP contribution < -0.4 is 5.32 Å². The number of hydrogen-bond donors (Lipinski definition) is 2. The van der Waals surface area contributed by atoms with Crippen LogP contribution in [-0.2, 0) is 17.8 Å². The van der Waals surface area contributed by atoms with Crippen LogP contribution in [-0.4, -0.2) is 34.9 Å². The molecule has 0 aliphatic carbocycles. The zero-order valence-electron chi connectivity index (χ0n) is 14.9. The Morgan fingerprint density at radius 3 is 2.58 bits per heavy atom. The van der Waals surface area contributed by atoms with Crippen molar-refractivity contribution in [2.24, 2.45) is 0 Å². The summed E-state index contributed by atoms with van der Waals surface area (Å²) in [5.41, 5.74) is 3.51. The van der Waals surface area contributed by atoms with Crippen molar-refractivity contribution in [3.63, 3.8) is 0 Å². The number of piperidine rings is 1. The number of fused-ring (bicyclic) bond motifs is 1. The van der Waals surface area contributed by atoms with Crippen molar-refractivity contribution in [2.75, 3.05) is 13.1 Å². The number of H-pyrrole nitrogens is 1. The van der Waals surface area contributed by atoms with Crippen molar-refractivity contribution < 1.29 is 4.79 Å². The van der Waals surface area contributed by atoms with E-state index in [1.165, 1.54) is 5.56 Å². The van der Waals surface area contributed by atoms with Gasteiger partial charge in [-0.25, -0.2) is 0 Å². The highest BCUT2D eigenvalue weighted by Gasteiger charge is 2.21. The fourth-order valence-electron chi connectivity index (χ4n) is 3.81. The molecule has 2 N–H and O–H groups in total. The highest BCUT2D eigenvalue weighted by molar-refractivity contribution is 5.88. The van der Waals surface area contributed by atoms with Crippen molar-refractivity contribution in [3.05, 3.63) is 71.9 Å². The number of rotatable bonds is 5. The molecule has 2 aromatic carbocycles. The van der Waals surface area contributed by atoms with E-state index in [9.17, 15) is 4.79 Å². The van der Waals surface area contributed by atoms with Gasteiger partial charge in [-0.1, -0.05) is 48.5 Å². The molecule has 4 rings (SSSR count). The summed E-state index contributed by atoms with van der Waals surface area (Å²) in [5.74, 6) is 0.122. The second-order valence-electron chi connectivity index (χ2n) is 7.14. The van der Waals surface area contributed by atoms with Crippen LogP contribution in [0.3, 0.4) is 0 Å². The van der Waals surface area contributed by atoms with Crippen molar-refractivity contribution in [2.45, 2.75) is 31.8 Å². The summed E-state index contributed by atoms with van der Waals surface area (Å²) in [6, 6.07) is 19.0. The smallest absolute Gasteiger partial charge is 0.224 e. The summed E-state index contributed by atoms with van der Waals surface area (Å²) in [6.07, 6.45) is 4.43. The largest absolute Gasteiger partial charge is 0.361 e. The SMILES string of the molecule is O=C(Cc1c[nH]c2ccccc12)NC1CCN(Cc2ccccc2)CC1. The molecule has 0 bridgehead atoms. The normalized spacial score (nSPS) is 16.0. The number of likely N-dealkylation sites (tertiary alicyclic amines) is 1. The summed E-state index contributed by atoms with van der Waals surface area (Å²) in [6.45, 7) is 3.07. The van der Waals surface area contributed by atoms with Gasteiger partial charge in [-0.3, -0.25) is 9.69 Å². The minimum Gasteiger partial charge on any atom is -0.361 e. The van der Waals surface area contributed by atoms with Crippen molar-refractivity contribution in [1.29, 1.82) is 0 Å². The van der Waals surface area contributed by atoms with Crippen molar-refractivity contribution in [1.82, 2.24) is 15.2 Å². The molecular formula is C22H25N3O. The summed E-state index contributed by atoms with van der Waals surface area (Å²) in [5, 5.41) is 4.37. The van der Waals surface area contributed by atoms with Gasteiger partial charge in [0.15, 0.2) is 0 Å². The van der Waals surface area contributed by atoms with Crippen LogP contribution in [0.15, 0.2) is 60.8 Å². The van der Waals surface area contributed by atoms with Crippen LogP contribution in [0.1, 0.15) is 24.0 Å². The number of carbonyl (C=O) groups excluding carboxylic acids is 1. The topological polar surface area (TPSA) is 48.1 Å². The number of amides is 1. The number of nitrogens with zero attached hydrogens (tertiary/aromatic N) is 1. The van der Waals surface area contributed by atoms with Gasteiger partial charge < -0.3 is 10.3 Å². The predicted octanol–water partition coefficient (Wildman–Crippen LogP) is 3.49. The van der Waals surface area contributed by atoms with E-state index in [1.807, 2.05) is 24.4 Å². The Hall–Kier alpha value is -2.59. The predicted molar refractivity (Wildman–Crippen MR) is 105 cm³/mol. The van der Waals surface area contributed by atoms with E-state index in [4.69, 9.17) is 0 Å². The van der Waals surface area contributed by atoms with Crippen molar-refractivity contribution in [3.8, 4) is 0 Å². The number of hydrogen-bond acceptors (Lipinski definition) is 2. The van der Waals surface area contributed by atoms with Crippen LogP contribution in [0.25, 0.3) is 10.9 Å². The number of aromatic amines is 1. The Balaban J connectivity index is 1.27. The van der Waals surface area contributed by atoms with E-state index in [0.717, 1.165) is 48.9 Å². The average molecular weight is 347 g/mol. The van der Waals surface area contributed by atoms with Crippen LogP contribution in [0.4, 0.5) is 0 Å². The molecule has 4 nitrogen and oxygen atoms in total. The van der Waals surface area contributed by atoms with Crippen LogP contribution >= 0.6 is 0 Å². The second-order valence-corrected chi connectivity index (χ2v) is 7.14. The molecule has 3 aromatic rings. The lowest BCUT2D eigenvalue weighted by atomic mass is 10.0. The third-order valence-electron chi connectivity index (χ3n) is 5.23. The molecule has 0 unspecified atom stereocenters. The molecule has 1 aliphatic rings. The molecule has 0 spiro atoms. The minimum absolute atomic E-state index is 0.122. The molecule has 2 heterocycles. The first-order chi connectivity index (χ1) is 12.8. The Labute approximate surface area is 154 Å². The molecule has 0 radical (unpaired) electrons. The molecule has 134 valence electrons. The Morgan fingerprint density at radius 2 is 1.77 bits per heavy atom. The highest BCUT2D eigenvalue weighted by Crippen LogP contribution is 2.19. The molecule has 26 heavy (non-hydrogen) atoms. The fourth-order valence-corrected chi connectivity index (χ4v) is 3.81. The maximum Gasteiger partial charge on any atom is 0.224 e. The lowest BCUT2D eigenvalue weighted by molar-refractivity contribution is -0.121. The van der Waals surface area contributed by atoms with E-state index in [2.05, 4.69) is 51.6 Å². The maximum atomic E-state index is 12.5. The van der Waals surface area contributed by atoms with E-state index in [0.29, 0.717) is 12.5 Å². The lowest BCUT2D eigenvalue weighted by Crippen LogP contribution is -2.44. The van der Waals surface area contributed by atoms with Gasteiger partial charge in [0.05, 0.1) is 6.42 Å². The zero-order valence-corrected chi connectivity index (χ0v) is 14.9. The molecule has 1 saturated heterocycles. The van der Waals surface area contributed by atoms with Gasteiger partial charge >= 0.3 is 0 Å². The van der Waals surface area contributed by atoms with Gasteiger partial charge in [0, 0.05) is 42.8 Å². The first-order valence-corrected chi connectivity index (χ1v) is 9.38. The second kappa shape index (κ2) is 7.75. The summed E-state index contributed by atoms with van der Waals surface area (Å²) in [7, 11) is 0. The zero-order chi connectivity index (χ0) is 17.8. The summed E-state index contributed by atoms with van der Waals surface area (Å²) in [4.78, 5) is 18.2. The first-order valence-electron chi connectivity index (χ1n) is 9.38.